The van der Waals surface area contributed by atoms with Crippen molar-refractivity contribution in [2.24, 2.45) is 0 Å². The smallest absolute Gasteiger partial charge is 0.265 e. The van der Waals surface area contributed by atoms with Gasteiger partial charge in [0.15, 0.2) is 6.10 Å². The highest BCUT2D eigenvalue weighted by molar-refractivity contribution is 7.89. The van der Waals surface area contributed by atoms with Crippen molar-refractivity contribution in [2.45, 2.75) is 37.2 Å². The van der Waals surface area contributed by atoms with Gasteiger partial charge in [-0.3, -0.25) is 4.79 Å². The van der Waals surface area contributed by atoms with Gasteiger partial charge in [-0.25, -0.2) is 12.7 Å². The second-order valence-corrected chi connectivity index (χ2v) is 7.34. The average molecular weight is 312 g/mol. The Labute approximate surface area is 125 Å². The van der Waals surface area contributed by atoms with Crippen molar-refractivity contribution in [1.29, 1.82) is 0 Å². The molecule has 1 aromatic rings. The third kappa shape index (κ3) is 3.19. The highest BCUT2D eigenvalue weighted by atomic mass is 32.2. The fourth-order valence-electron chi connectivity index (χ4n) is 2.08. The van der Waals surface area contributed by atoms with E-state index >= 15 is 0 Å². The van der Waals surface area contributed by atoms with Gasteiger partial charge < -0.3 is 10.1 Å². The molecule has 1 amide bonds. The van der Waals surface area contributed by atoms with Gasteiger partial charge in [0.1, 0.15) is 5.75 Å². The minimum atomic E-state index is -3.53. The molecule has 116 valence electrons. The standard InChI is InChI=1S/C14H20N2O4S/c1-4-5-6-13-14(17)15-11-9-10(7-8-12(11)20-13)21(18,19)16(2)3/h7-9,13H,4-6H2,1-3H3,(H,15,17)/t13-/m1/s1. The SMILES string of the molecule is CCCC[C@H]1Oc2ccc(S(=O)(=O)N(C)C)cc2NC1=O. The zero-order chi connectivity index (χ0) is 15.6. The van der Waals surface area contributed by atoms with E-state index in [0.29, 0.717) is 17.9 Å². The van der Waals surface area contributed by atoms with E-state index in [1.165, 1.54) is 26.2 Å². The lowest BCUT2D eigenvalue weighted by Crippen LogP contribution is -2.37. The van der Waals surface area contributed by atoms with Crippen molar-refractivity contribution in [3.63, 3.8) is 0 Å². The first-order valence-electron chi connectivity index (χ1n) is 6.90. The summed E-state index contributed by atoms with van der Waals surface area (Å²) in [4.78, 5) is 12.1. The number of nitrogens with one attached hydrogen (secondary N) is 1. The number of amides is 1. The molecule has 0 bridgehead atoms. The molecule has 1 N–H and O–H groups in total. The normalized spacial score (nSPS) is 18.1. The van der Waals surface area contributed by atoms with E-state index in [4.69, 9.17) is 4.74 Å². The summed E-state index contributed by atoms with van der Waals surface area (Å²) in [6.45, 7) is 2.05. The first kappa shape index (κ1) is 15.8. The number of carbonyl (C=O) groups is 1. The molecule has 1 aliphatic rings. The zero-order valence-electron chi connectivity index (χ0n) is 12.4. The van der Waals surface area contributed by atoms with Crippen LogP contribution in [0.3, 0.4) is 0 Å². The minimum Gasteiger partial charge on any atom is -0.478 e. The molecule has 0 unspecified atom stereocenters. The van der Waals surface area contributed by atoms with Crippen molar-refractivity contribution in [3.8, 4) is 5.75 Å². The Morgan fingerprint density at radius 3 is 2.67 bits per heavy atom. The molecule has 0 spiro atoms. The van der Waals surface area contributed by atoms with E-state index < -0.39 is 16.1 Å². The summed E-state index contributed by atoms with van der Waals surface area (Å²) in [7, 11) is -0.603. The van der Waals surface area contributed by atoms with Gasteiger partial charge in [-0.15, -0.1) is 0 Å². The number of hydrogen-bond acceptors (Lipinski definition) is 4. The van der Waals surface area contributed by atoms with Crippen LogP contribution in [-0.4, -0.2) is 38.8 Å². The fraction of sp³-hybridized carbons (Fsp3) is 0.500. The lowest BCUT2D eigenvalue weighted by Gasteiger charge is -2.26. The van der Waals surface area contributed by atoms with Crippen molar-refractivity contribution in [3.05, 3.63) is 18.2 Å². The van der Waals surface area contributed by atoms with Gasteiger partial charge >= 0.3 is 0 Å². The van der Waals surface area contributed by atoms with Crippen LogP contribution in [-0.2, 0) is 14.8 Å². The summed E-state index contributed by atoms with van der Waals surface area (Å²) in [5.74, 6) is 0.281. The number of nitrogens with zero attached hydrogens (tertiary/aromatic N) is 1. The molecule has 0 aromatic heterocycles. The van der Waals surface area contributed by atoms with E-state index in [9.17, 15) is 13.2 Å². The van der Waals surface area contributed by atoms with Gasteiger partial charge in [-0.05, 0) is 31.0 Å². The van der Waals surface area contributed by atoms with Crippen molar-refractivity contribution in [2.75, 3.05) is 19.4 Å². The Hall–Kier alpha value is -1.60. The van der Waals surface area contributed by atoms with Gasteiger partial charge in [0.05, 0.1) is 10.6 Å². The van der Waals surface area contributed by atoms with Gasteiger partial charge in [-0.2, -0.15) is 0 Å². The summed E-state index contributed by atoms with van der Waals surface area (Å²) in [5.41, 5.74) is 0.399. The number of fused-ring (bicyclic) bond motifs is 1. The van der Waals surface area contributed by atoms with Crippen molar-refractivity contribution < 1.29 is 17.9 Å². The molecular formula is C14H20N2O4S. The Kier molecular flexibility index (Phi) is 4.53. The topological polar surface area (TPSA) is 75.7 Å². The minimum absolute atomic E-state index is 0.127. The number of unbranched alkanes of at least 4 members (excludes halogenated alkanes) is 1. The maximum absolute atomic E-state index is 12.1. The molecule has 7 heteroatoms. The van der Waals surface area contributed by atoms with E-state index in [-0.39, 0.29) is 10.8 Å². The molecule has 0 fully saturated rings. The molecule has 0 aliphatic carbocycles. The Morgan fingerprint density at radius 1 is 1.33 bits per heavy atom. The molecule has 1 atom stereocenters. The molecular weight excluding hydrogens is 292 g/mol. The van der Waals surface area contributed by atoms with Crippen molar-refractivity contribution >= 4 is 21.6 Å². The summed E-state index contributed by atoms with van der Waals surface area (Å²) >= 11 is 0. The molecule has 1 heterocycles. The fourth-order valence-corrected chi connectivity index (χ4v) is 3.01. The van der Waals surface area contributed by atoms with E-state index in [0.717, 1.165) is 17.1 Å². The summed E-state index contributed by atoms with van der Waals surface area (Å²) in [6.07, 6.45) is 2.04. The van der Waals surface area contributed by atoms with E-state index in [2.05, 4.69) is 5.32 Å². The summed E-state index contributed by atoms with van der Waals surface area (Å²) in [5, 5.41) is 2.72. The van der Waals surface area contributed by atoms with Crippen LogP contribution in [0, 0.1) is 0 Å². The molecule has 0 radical (unpaired) electrons. The Balaban J connectivity index is 2.28. The van der Waals surface area contributed by atoms with E-state index in [1.807, 2.05) is 6.92 Å². The predicted octanol–water partition coefficient (Wildman–Crippen LogP) is 1.83. The Bertz CT molecular complexity index is 640. The first-order valence-corrected chi connectivity index (χ1v) is 8.34. The summed E-state index contributed by atoms with van der Waals surface area (Å²) < 4.78 is 30.9. The average Bonchev–Trinajstić information content (AvgIpc) is 2.44. The molecule has 1 aromatic carbocycles. The van der Waals surface area contributed by atoms with Crippen LogP contribution in [0.5, 0.6) is 5.75 Å². The van der Waals surface area contributed by atoms with Crippen LogP contribution in [0.15, 0.2) is 23.1 Å². The highest BCUT2D eigenvalue weighted by Gasteiger charge is 2.28. The largest absolute Gasteiger partial charge is 0.478 e. The third-order valence-corrected chi connectivity index (χ3v) is 5.18. The van der Waals surface area contributed by atoms with Crippen LogP contribution in [0.1, 0.15) is 26.2 Å². The molecule has 1 aliphatic heterocycles. The number of sulfonamides is 1. The number of ether oxygens (including phenoxy) is 1. The summed E-state index contributed by atoms with van der Waals surface area (Å²) in [6, 6.07) is 4.51. The zero-order valence-corrected chi connectivity index (χ0v) is 13.2. The predicted molar refractivity (Wildman–Crippen MR) is 79.9 cm³/mol. The third-order valence-electron chi connectivity index (χ3n) is 3.37. The maximum Gasteiger partial charge on any atom is 0.265 e. The van der Waals surface area contributed by atoms with Crippen LogP contribution in [0.4, 0.5) is 5.69 Å². The maximum atomic E-state index is 12.1. The second kappa shape index (κ2) is 6.03. The van der Waals surface area contributed by atoms with Crippen molar-refractivity contribution in [1.82, 2.24) is 4.31 Å². The monoisotopic (exact) mass is 312 g/mol. The lowest BCUT2D eigenvalue weighted by atomic mass is 10.1. The van der Waals surface area contributed by atoms with Gasteiger partial charge in [-0.1, -0.05) is 13.3 Å². The molecule has 0 saturated heterocycles. The van der Waals surface area contributed by atoms with E-state index in [1.54, 1.807) is 6.07 Å². The number of carbonyl (C=O) groups excluding carboxylic acids is 1. The number of rotatable bonds is 5. The van der Waals surface area contributed by atoms with Gasteiger partial charge in [0.2, 0.25) is 10.0 Å². The van der Waals surface area contributed by atoms with Crippen LogP contribution in [0.25, 0.3) is 0 Å². The van der Waals surface area contributed by atoms with Crippen LogP contribution < -0.4 is 10.1 Å². The highest BCUT2D eigenvalue weighted by Crippen LogP contribution is 2.33. The van der Waals surface area contributed by atoms with Gasteiger partial charge in [0.25, 0.3) is 5.91 Å². The molecule has 0 saturated carbocycles. The quantitative estimate of drug-likeness (QED) is 0.900. The number of anilines is 1. The molecule has 6 nitrogen and oxygen atoms in total. The number of hydrogen-bond donors (Lipinski definition) is 1. The van der Waals surface area contributed by atoms with Gasteiger partial charge in [0, 0.05) is 14.1 Å². The second-order valence-electron chi connectivity index (χ2n) is 5.18. The molecule has 2 rings (SSSR count). The lowest BCUT2D eigenvalue weighted by molar-refractivity contribution is -0.123. The Morgan fingerprint density at radius 2 is 2.05 bits per heavy atom. The molecule has 21 heavy (non-hydrogen) atoms. The number of benzene rings is 1. The first-order chi connectivity index (χ1) is 9.86. The van der Waals surface area contributed by atoms with Crippen LogP contribution in [0.2, 0.25) is 0 Å². The van der Waals surface area contributed by atoms with Crippen LogP contribution >= 0.6 is 0 Å².